The SMILES string of the molecule is CC1CCc2c3c(ccc2=C1C1N=CC(OCc2ccccc2)=C2N=c4ccccc4=C21)=c1ccccc1=CC3C. The molecule has 2 aliphatic carbocycles. The van der Waals surface area contributed by atoms with E-state index in [1.807, 2.05) is 24.4 Å². The Morgan fingerprint density at radius 3 is 2.41 bits per heavy atom. The average molecular weight is 533 g/mol. The van der Waals surface area contributed by atoms with Crippen LogP contribution >= 0.6 is 0 Å². The lowest BCUT2D eigenvalue weighted by atomic mass is 9.75. The van der Waals surface area contributed by atoms with Gasteiger partial charge < -0.3 is 4.74 Å². The maximum Gasteiger partial charge on any atom is 0.163 e. The summed E-state index contributed by atoms with van der Waals surface area (Å²) in [6.07, 6.45) is 6.60. The Bertz CT molecular complexity index is 2140. The van der Waals surface area contributed by atoms with Gasteiger partial charge in [0.2, 0.25) is 0 Å². The summed E-state index contributed by atoms with van der Waals surface area (Å²) in [6.45, 7) is 5.22. The van der Waals surface area contributed by atoms with Gasteiger partial charge in [-0.15, -0.1) is 0 Å². The van der Waals surface area contributed by atoms with E-state index in [9.17, 15) is 0 Å². The van der Waals surface area contributed by atoms with Gasteiger partial charge in [-0.1, -0.05) is 105 Å². The lowest BCUT2D eigenvalue weighted by molar-refractivity contribution is 0.216. The van der Waals surface area contributed by atoms with E-state index in [0.717, 1.165) is 35.2 Å². The van der Waals surface area contributed by atoms with Crippen molar-refractivity contribution in [3.63, 3.8) is 0 Å². The summed E-state index contributed by atoms with van der Waals surface area (Å²) in [5.74, 6) is 1.56. The Kier molecular flexibility index (Phi) is 5.67. The van der Waals surface area contributed by atoms with E-state index in [1.165, 1.54) is 48.4 Å². The number of aliphatic imine (C=N–C) groups is 1. The first-order valence-corrected chi connectivity index (χ1v) is 14.8. The summed E-state index contributed by atoms with van der Waals surface area (Å²) in [6, 6.07) is 32.3. The summed E-state index contributed by atoms with van der Waals surface area (Å²) < 4.78 is 6.37. The van der Waals surface area contributed by atoms with E-state index in [4.69, 9.17) is 14.7 Å². The Morgan fingerprint density at radius 2 is 1.54 bits per heavy atom. The summed E-state index contributed by atoms with van der Waals surface area (Å²) in [5.41, 5.74) is 7.66. The first kappa shape index (κ1) is 24.3. The second kappa shape index (κ2) is 9.55. The smallest absolute Gasteiger partial charge is 0.163 e. The van der Waals surface area contributed by atoms with Gasteiger partial charge in [-0.25, -0.2) is 4.99 Å². The minimum atomic E-state index is -0.0799. The summed E-state index contributed by atoms with van der Waals surface area (Å²) in [7, 11) is 0. The molecule has 3 nitrogen and oxygen atoms in total. The number of rotatable bonds is 4. The molecule has 0 aromatic heterocycles. The van der Waals surface area contributed by atoms with Gasteiger partial charge >= 0.3 is 0 Å². The second-order valence-electron chi connectivity index (χ2n) is 11.7. The molecule has 4 aliphatic rings. The van der Waals surface area contributed by atoms with Crippen molar-refractivity contribution in [2.75, 3.05) is 0 Å². The normalized spacial score (nSPS) is 21.7. The van der Waals surface area contributed by atoms with Crippen LogP contribution in [0.3, 0.4) is 0 Å². The Labute approximate surface area is 239 Å². The van der Waals surface area contributed by atoms with E-state index < -0.39 is 0 Å². The van der Waals surface area contributed by atoms with Crippen LogP contribution in [0.5, 0.6) is 0 Å². The Hall–Kier alpha value is -4.50. The third-order valence-electron chi connectivity index (χ3n) is 9.22. The Balaban J connectivity index is 1.34. The first-order chi connectivity index (χ1) is 20.2. The number of allylic oxidation sites excluding steroid dienone is 1. The number of fused-ring (bicyclic) bond motifs is 6. The van der Waals surface area contributed by atoms with Crippen molar-refractivity contribution in [1.29, 1.82) is 0 Å². The zero-order valence-corrected chi connectivity index (χ0v) is 23.5. The Morgan fingerprint density at radius 1 is 0.780 bits per heavy atom. The number of para-hydroxylation sites is 1. The monoisotopic (exact) mass is 532 g/mol. The van der Waals surface area contributed by atoms with Gasteiger partial charge in [0, 0.05) is 16.7 Å². The summed E-state index contributed by atoms with van der Waals surface area (Å²) >= 11 is 0. The van der Waals surface area contributed by atoms with Crippen LogP contribution in [0, 0.1) is 16.4 Å². The van der Waals surface area contributed by atoms with E-state index in [0.29, 0.717) is 18.4 Å². The highest BCUT2D eigenvalue weighted by Crippen LogP contribution is 2.38. The topological polar surface area (TPSA) is 34.0 Å². The van der Waals surface area contributed by atoms with Crippen molar-refractivity contribution in [3.05, 3.63) is 151 Å². The molecule has 0 amide bonds. The molecule has 3 heteroatoms. The number of hydrogen-bond donors (Lipinski definition) is 0. The van der Waals surface area contributed by atoms with Gasteiger partial charge in [-0.05, 0) is 68.0 Å². The maximum absolute atomic E-state index is 6.37. The molecule has 2 heterocycles. The van der Waals surface area contributed by atoms with Gasteiger partial charge in [-0.3, -0.25) is 4.99 Å². The highest BCUT2D eigenvalue weighted by Gasteiger charge is 2.35. The van der Waals surface area contributed by atoms with Gasteiger partial charge in [0.05, 0.1) is 11.6 Å². The van der Waals surface area contributed by atoms with E-state index in [2.05, 4.69) is 92.7 Å². The van der Waals surface area contributed by atoms with E-state index in [-0.39, 0.29) is 6.04 Å². The zero-order chi connectivity index (χ0) is 27.5. The van der Waals surface area contributed by atoms with Crippen LogP contribution in [0.4, 0.5) is 0 Å². The van der Waals surface area contributed by atoms with Crippen LogP contribution in [-0.4, -0.2) is 12.3 Å². The summed E-state index contributed by atoms with van der Waals surface area (Å²) in [4.78, 5) is 10.4. The second-order valence-corrected chi connectivity index (χ2v) is 11.7. The lowest BCUT2D eigenvalue weighted by Crippen LogP contribution is -2.35. The molecule has 0 N–H and O–H groups in total. The van der Waals surface area contributed by atoms with Crippen LogP contribution in [-0.2, 0) is 17.8 Å². The molecule has 0 saturated carbocycles. The molecule has 200 valence electrons. The fourth-order valence-corrected chi connectivity index (χ4v) is 7.32. The number of benzene rings is 4. The predicted octanol–water partition coefficient (Wildman–Crippen LogP) is 4.97. The zero-order valence-electron chi connectivity index (χ0n) is 23.5. The quantitative estimate of drug-likeness (QED) is 0.366. The number of ether oxygens (including phenoxy) is 1. The molecule has 3 atom stereocenters. The van der Waals surface area contributed by atoms with Crippen LogP contribution in [0.2, 0.25) is 0 Å². The molecule has 0 radical (unpaired) electrons. The molecular formula is C38H32N2O. The van der Waals surface area contributed by atoms with Crippen molar-refractivity contribution in [2.45, 2.75) is 45.3 Å². The van der Waals surface area contributed by atoms with Gasteiger partial charge in [0.25, 0.3) is 0 Å². The molecule has 0 fully saturated rings. The van der Waals surface area contributed by atoms with Crippen LogP contribution < -0.4 is 21.0 Å². The highest BCUT2D eigenvalue weighted by molar-refractivity contribution is 5.94. The number of nitrogens with zero attached hydrogens (tertiary/aromatic N) is 2. The largest absolute Gasteiger partial charge is 0.485 e. The van der Waals surface area contributed by atoms with E-state index >= 15 is 0 Å². The van der Waals surface area contributed by atoms with Crippen LogP contribution in [0.25, 0.3) is 17.2 Å². The standard InChI is InChI=1S/C38H32N2O/c1-23-16-17-29-30(19-18-28-27-13-7-6-12-26(27)20-24(2)34(28)29)35(23)38-36-31-14-8-9-15-32(31)40-37(36)33(21-39-38)41-22-25-10-4-3-5-11-25/h3-15,18-21,23-24,38H,16-17,22H2,1-2H3. The fraction of sp³-hybridized carbons (Fsp3) is 0.211. The maximum atomic E-state index is 6.37. The molecule has 4 aromatic carbocycles. The average Bonchev–Trinajstić information content (AvgIpc) is 3.40. The van der Waals surface area contributed by atoms with Crippen molar-refractivity contribution in [1.82, 2.24) is 0 Å². The highest BCUT2D eigenvalue weighted by atomic mass is 16.5. The fourth-order valence-electron chi connectivity index (χ4n) is 7.32. The molecule has 0 spiro atoms. The molecule has 0 saturated heterocycles. The molecule has 41 heavy (non-hydrogen) atoms. The third kappa shape index (κ3) is 3.87. The third-order valence-corrected chi connectivity index (χ3v) is 9.22. The van der Waals surface area contributed by atoms with Gasteiger partial charge in [0.15, 0.2) is 5.76 Å². The van der Waals surface area contributed by atoms with Crippen molar-refractivity contribution < 1.29 is 4.74 Å². The minimum Gasteiger partial charge on any atom is -0.485 e. The number of dihydropyridines is 1. The molecule has 3 unspecified atom stereocenters. The van der Waals surface area contributed by atoms with E-state index in [1.54, 1.807) is 0 Å². The molecular weight excluding hydrogens is 500 g/mol. The minimum absolute atomic E-state index is 0.0799. The predicted molar refractivity (Wildman–Crippen MR) is 165 cm³/mol. The molecule has 8 rings (SSSR count). The van der Waals surface area contributed by atoms with Crippen LogP contribution in [0.15, 0.2) is 112 Å². The van der Waals surface area contributed by atoms with Crippen molar-refractivity contribution >= 4 is 23.4 Å². The molecule has 2 aliphatic heterocycles. The lowest BCUT2D eigenvalue weighted by Gasteiger charge is -2.32. The number of hydrogen-bond acceptors (Lipinski definition) is 3. The van der Waals surface area contributed by atoms with Crippen molar-refractivity contribution in [3.8, 4) is 0 Å². The van der Waals surface area contributed by atoms with Gasteiger partial charge in [-0.2, -0.15) is 0 Å². The summed E-state index contributed by atoms with van der Waals surface area (Å²) in [5, 5.41) is 7.64. The van der Waals surface area contributed by atoms with Crippen LogP contribution in [0.1, 0.15) is 42.9 Å². The van der Waals surface area contributed by atoms with Gasteiger partial charge in [0.1, 0.15) is 18.3 Å². The van der Waals surface area contributed by atoms with Crippen molar-refractivity contribution in [2.24, 2.45) is 15.9 Å². The molecule has 0 bridgehead atoms. The first-order valence-electron chi connectivity index (χ1n) is 14.8. The molecule has 4 aromatic rings.